The molecule has 0 amide bonds. The number of hydrogen-bond acceptors (Lipinski definition) is 5. The van der Waals surface area contributed by atoms with Gasteiger partial charge < -0.3 is 20.1 Å². The molecule has 1 heterocycles. The van der Waals surface area contributed by atoms with E-state index in [1.54, 1.807) is 0 Å². The lowest BCUT2D eigenvalue weighted by Crippen LogP contribution is -2.46. The summed E-state index contributed by atoms with van der Waals surface area (Å²) in [5.41, 5.74) is 0.575. The summed E-state index contributed by atoms with van der Waals surface area (Å²) in [6.07, 6.45) is -0.851. The lowest BCUT2D eigenvalue weighted by atomic mass is 10.0. The van der Waals surface area contributed by atoms with Gasteiger partial charge in [0.2, 0.25) is 0 Å². The molecule has 19 heavy (non-hydrogen) atoms. The second kappa shape index (κ2) is 5.46. The fourth-order valence-electron chi connectivity index (χ4n) is 2.24. The van der Waals surface area contributed by atoms with Gasteiger partial charge in [-0.1, -0.05) is 0 Å². The van der Waals surface area contributed by atoms with E-state index < -0.39 is 12.1 Å². The average Bonchev–Trinajstić information content (AvgIpc) is 2.41. The van der Waals surface area contributed by atoms with Crippen molar-refractivity contribution in [1.82, 2.24) is 4.90 Å². The van der Waals surface area contributed by atoms with Crippen molar-refractivity contribution < 1.29 is 24.9 Å². The Labute approximate surface area is 110 Å². The van der Waals surface area contributed by atoms with Crippen LogP contribution in [0.15, 0.2) is 18.2 Å². The molecule has 104 valence electrons. The lowest BCUT2D eigenvalue weighted by molar-refractivity contribution is -0.157. The van der Waals surface area contributed by atoms with Crippen LogP contribution in [0.25, 0.3) is 0 Å². The summed E-state index contributed by atoms with van der Waals surface area (Å²) >= 11 is 0. The fourth-order valence-corrected chi connectivity index (χ4v) is 2.24. The van der Waals surface area contributed by atoms with E-state index in [2.05, 4.69) is 0 Å². The number of carbonyl (C=O) groups is 1. The van der Waals surface area contributed by atoms with Gasteiger partial charge >= 0.3 is 5.97 Å². The summed E-state index contributed by atoms with van der Waals surface area (Å²) in [7, 11) is 0. The second-order valence-corrected chi connectivity index (χ2v) is 4.61. The zero-order valence-corrected chi connectivity index (χ0v) is 10.6. The van der Waals surface area contributed by atoms with Crippen molar-refractivity contribution >= 4 is 5.97 Å². The zero-order chi connectivity index (χ0) is 14.0. The highest BCUT2D eigenvalue weighted by molar-refractivity contribution is 5.72. The Bertz CT molecular complexity index is 476. The normalized spacial score (nSPS) is 22.1. The molecule has 0 aromatic heterocycles. The molecule has 0 saturated carbocycles. The molecule has 3 N–H and O–H groups in total. The number of aromatic hydroxyl groups is 2. The predicted octanol–water partition coefficient (Wildman–Crippen LogP) is 0.944. The van der Waals surface area contributed by atoms with Crippen molar-refractivity contribution in [3.63, 3.8) is 0 Å². The number of carboxylic acid groups (broad SMARTS) is 1. The molecule has 2 atom stereocenters. The maximum Gasteiger partial charge on any atom is 0.334 e. The van der Waals surface area contributed by atoms with Gasteiger partial charge in [-0.15, -0.1) is 0 Å². The van der Waals surface area contributed by atoms with Crippen LogP contribution in [0.2, 0.25) is 0 Å². The zero-order valence-electron chi connectivity index (χ0n) is 10.6. The van der Waals surface area contributed by atoms with Gasteiger partial charge in [0.15, 0.2) is 6.10 Å². The van der Waals surface area contributed by atoms with E-state index in [0.29, 0.717) is 18.7 Å². The highest BCUT2D eigenvalue weighted by Crippen LogP contribution is 2.32. The third kappa shape index (κ3) is 2.97. The Kier molecular flexibility index (Phi) is 3.92. The largest absolute Gasteiger partial charge is 0.508 e. The van der Waals surface area contributed by atoms with Crippen molar-refractivity contribution in [2.45, 2.75) is 19.1 Å². The smallest absolute Gasteiger partial charge is 0.334 e. The standard InChI is InChI=1S/C13H17NO5/c1-8(10-6-9(15)2-3-11(10)16)14-4-5-19-12(7-14)13(17)18/h2-3,6,8,12,15-16H,4-5,7H2,1H3,(H,17,18). The number of hydrogen-bond donors (Lipinski definition) is 3. The maximum atomic E-state index is 10.9. The molecule has 0 bridgehead atoms. The summed E-state index contributed by atoms with van der Waals surface area (Å²) in [5.74, 6) is -0.830. The number of aliphatic carboxylic acids is 1. The Morgan fingerprint density at radius 2 is 2.21 bits per heavy atom. The molecule has 0 radical (unpaired) electrons. The SMILES string of the molecule is CC(c1cc(O)ccc1O)N1CCOC(C(=O)O)C1. The van der Waals surface area contributed by atoms with Crippen molar-refractivity contribution in [3.8, 4) is 11.5 Å². The van der Waals surface area contributed by atoms with Crippen LogP contribution in [0.1, 0.15) is 18.5 Å². The van der Waals surface area contributed by atoms with Crippen molar-refractivity contribution in [2.75, 3.05) is 19.7 Å². The van der Waals surface area contributed by atoms with Crippen LogP contribution in [-0.2, 0) is 9.53 Å². The minimum Gasteiger partial charge on any atom is -0.508 e. The molecule has 0 spiro atoms. The van der Waals surface area contributed by atoms with E-state index in [9.17, 15) is 15.0 Å². The van der Waals surface area contributed by atoms with Crippen LogP contribution < -0.4 is 0 Å². The van der Waals surface area contributed by atoms with Gasteiger partial charge in [-0.3, -0.25) is 4.90 Å². The second-order valence-electron chi connectivity index (χ2n) is 4.61. The number of phenols is 2. The summed E-state index contributed by atoms with van der Waals surface area (Å²) < 4.78 is 5.16. The number of benzene rings is 1. The van der Waals surface area contributed by atoms with E-state index in [1.165, 1.54) is 18.2 Å². The number of ether oxygens (including phenoxy) is 1. The van der Waals surface area contributed by atoms with Gasteiger partial charge in [0.05, 0.1) is 6.61 Å². The van der Waals surface area contributed by atoms with Crippen LogP contribution in [0, 0.1) is 0 Å². The molecular weight excluding hydrogens is 250 g/mol. The van der Waals surface area contributed by atoms with E-state index in [1.807, 2.05) is 11.8 Å². The van der Waals surface area contributed by atoms with Crippen LogP contribution in [0.5, 0.6) is 11.5 Å². The molecule has 6 nitrogen and oxygen atoms in total. The van der Waals surface area contributed by atoms with Crippen LogP contribution in [0.3, 0.4) is 0 Å². The first-order chi connectivity index (χ1) is 8.99. The Hall–Kier alpha value is -1.79. The van der Waals surface area contributed by atoms with Crippen LogP contribution in [0.4, 0.5) is 0 Å². The van der Waals surface area contributed by atoms with Crippen molar-refractivity contribution in [3.05, 3.63) is 23.8 Å². The number of morpholine rings is 1. The minimum atomic E-state index is -0.989. The molecule has 1 saturated heterocycles. The maximum absolute atomic E-state index is 10.9. The van der Waals surface area contributed by atoms with Gasteiger partial charge in [0.1, 0.15) is 11.5 Å². The van der Waals surface area contributed by atoms with Crippen molar-refractivity contribution in [2.24, 2.45) is 0 Å². The number of rotatable bonds is 3. The third-order valence-electron chi connectivity index (χ3n) is 3.38. The first-order valence-electron chi connectivity index (χ1n) is 6.09. The molecule has 2 rings (SSSR count). The summed E-state index contributed by atoms with van der Waals surface area (Å²) in [4.78, 5) is 12.9. The summed E-state index contributed by atoms with van der Waals surface area (Å²) in [6, 6.07) is 4.13. The summed E-state index contributed by atoms with van der Waals surface area (Å²) in [6.45, 7) is 3.03. The number of phenolic OH excluding ortho intramolecular Hbond substituents is 2. The van der Waals surface area contributed by atoms with E-state index in [-0.39, 0.29) is 24.1 Å². The van der Waals surface area contributed by atoms with Gasteiger partial charge in [-0.2, -0.15) is 0 Å². The highest BCUT2D eigenvalue weighted by Gasteiger charge is 2.30. The van der Waals surface area contributed by atoms with E-state index in [0.717, 1.165) is 0 Å². The van der Waals surface area contributed by atoms with E-state index in [4.69, 9.17) is 9.84 Å². The molecule has 2 unspecified atom stereocenters. The number of carboxylic acids is 1. The fraction of sp³-hybridized carbons (Fsp3) is 0.462. The van der Waals surface area contributed by atoms with Crippen molar-refractivity contribution in [1.29, 1.82) is 0 Å². The first-order valence-corrected chi connectivity index (χ1v) is 6.09. The Morgan fingerprint density at radius 3 is 2.89 bits per heavy atom. The topological polar surface area (TPSA) is 90.2 Å². The summed E-state index contributed by atoms with van der Waals surface area (Å²) in [5, 5.41) is 28.3. The third-order valence-corrected chi connectivity index (χ3v) is 3.38. The van der Waals surface area contributed by atoms with Gasteiger partial charge in [-0.05, 0) is 25.1 Å². The van der Waals surface area contributed by atoms with Gasteiger partial charge in [-0.25, -0.2) is 4.79 Å². The Morgan fingerprint density at radius 1 is 1.47 bits per heavy atom. The predicted molar refractivity (Wildman–Crippen MR) is 67.1 cm³/mol. The van der Waals surface area contributed by atoms with Crippen LogP contribution in [-0.4, -0.2) is 52.0 Å². The monoisotopic (exact) mass is 267 g/mol. The van der Waals surface area contributed by atoms with E-state index >= 15 is 0 Å². The van der Waals surface area contributed by atoms with Crippen LogP contribution >= 0.6 is 0 Å². The van der Waals surface area contributed by atoms with Gasteiger partial charge in [0.25, 0.3) is 0 Å². The molecule has 1 aromatic rings. The molecule has 1 aromatic carbocycles. The minimum absolute atomic E-state index is 0.0719. The lowest BCUT2D eigenvalue weighted by Gasteiger charge is -2.35. The molecule has 1 aliphatic heterocycles. The first kappa shape index (κ1) is 13.6. The molecular formula is C13H17NO5. The Balaban J connectivity index is 2.16. The average molecular weight is 267 g/mol. The quantitative estimate of drug-likeness (QED) is 0.706. The molecule has 1 fully saturated rings. The van der Waals surface area contributed by atoms with Gasteiger partial charge in [0, 0.05) is 24.7 Å². The number of nitrogens with zero attached hydrogens (tertiary/aromatic N) is 1. The molecule has 0 aliphatic carbocycles. The molecule has 6 heteroatoms. The molecule has 1 aliphatic rings. The highest BCUT2D eigenvalue weighted by atomic mass is 16.5.